The van der Waals surface area contributed by atoms with Crippen LogP contribution in [0.1, 0.15) is 39.8 Å². The zero-order chi connectivity index (χ0) is 19.7. The molecule has 0 aromatic carbocycles. The minimum atomic E-state index is 0.234. The highest BCUT2D eigenvalue weighted by Gasteiger charge is 2.24. The molecule has 6 heteroatoms. The standard InChI is InChI=1S/C22H25N5S/c1-5-14(22(2,3)4)9-15-10-18(19-7-6-8-28-19)27-21(26-15)17-12-24-20-16(17)11-23-13-25-20/h6-8,10-14H,5,9H2,1-4H3,(H,23,24,25)/t14-/m0/s1. The molecule has 4 aromatic heterocycles. The van der Waals surface area contributed by atoms with Gasteiger partial charge in [0.05, 0.1) is 10.6 Å². The number of rotatable bonds is 5. The lowest BCUT2D eigenvalue weighted by Crippen LogP contribution is -2.22. The van der Waals surface area contributed by atoms with Crippen molar-refractivity contribution in [1.82, 2.24) is 24.9 Å². The summed E-state index contributed by atoms with van der Waals surface area (Å²) >= 11 is 1.70. The van der Waals surface area contributed by atoms with Gasteiger partial charge >= 0.3 is 0 Å². The Balaban J connectivity index is 1.83. The number of fused-ring (bicyclic) bond motifs is 1. The van der Waals surface area contributed by atoms with E-state index in [0.717, 1.165) is 51.5 Å². The van der Waals surface area contributed by atoms with Crippen LogP contribution in [0.3, 0.4) is 0 Å². The van der Waals surface area contributed by atoms with Gasteiger partial charge in [-0.1, -0.05) is 40.2 Å². The van der Waals surface area contributed by atoms with E-state index in [1.165, 1.54) is 0 Å². The number of aromatic nitrogens is 5. The summed E-state index contributed by atoms with van der Waals surface area (Å²) in [6, 6.07) is 6.32. The molecule has 0 aliphatic heterocycles. The fourth-order valence-electron chi connectivity index (χ4n) is 3.63. The molecule has 28 heavy (non-hydrogen) atoms. The maximum Gasteiger partial charge on any atom is 0.162 e. The molecule has 0 saturated carbocycles. The molecule has 0 amide bonds. The highest BCUT2D eigenvalue weighted by molar-refractivity contribution is 7.13. The van der Waals surface area contributed by atoms with Crippen molar-refractivity contribution < 1.29 is 0 Å². The van der Waals surface area contributed by atoms with Crippen LogP contribution in [-0.2, 0) is 6.42 Å². The van der Waals surface area contributed by atoms with Gasteiger partial charge in [0.15, 0.2) is 5.82 Å². The van der Waals surface area contributed by atoms with Gasteiger partial charge in [-0.15, -0.1) is 11.3 Å². The monoisotopic (exact) mass is 391 g/mol. The number of thiophene rings is 1. The second kappa shape index (κ2) is 7.43. The van der Waals surface area contributed by atoms with Crippen LogP contribution in [0.15, 0.2) is 42.3 Å². The number of hydrogen-bond donors (Lipinski definition) is 1. The fourth-order valence-corrected chi connectivity index (χ4v) is 4.32. The summed E-state index contributed by atoms with van der Waals surface area (Å²) in [4.78, 5) is 22.7. The zero-order valence-corrected chi connectivity index (χ0v) is 17.5. The molecule has 0 radical (unpaired) electrons. The Labute approximate surface area is 169 Å². The SMILES string of the molecule is CC[C@@H](Cc1cc(-c2cccs2)nc(-c2c[nH]c3ncncc23)n1)C(C)(C)C. The van der Waals surface area contributed by atoms with Gasteiger partial charge in [-0.25, -0.2) is 19.9 Å². The van der Waals surface area contributed by atoms with E-state index in [2.05, 4.69) is 66.2 Å². The highest BCUT2D eigenvalue weighted by atomic mass is 32.1. The molecular formula is C22H25N5S. The van der Waals surface area contributed by atoms with Crippen LogP contribution in [-0.4, -0.2) is 24.9 Å². The van der Waals surface area contributed by atoms with Gasteiger partial charge in [0, 0.05) is 29.0 Å². The number of H-pyrrole nitrogens is 1. The molecule has 0 fully saturated rings. The first-order chi connectivity index (χ1) is 13.5. The molecule has 144 valence electrons. The summed E-state index contributed by atoms with van der Waals surface area (Å²) in [5.74, 6) is 1.28. The van der Waals surface area contributed by atoms with Gasteiger partial charge in [-0.3, -0.25) is 0 Å². The predicted molar refractivity (Wildman–Crippen MR) is 115 cm³/mol. The molecule has 1 N–H and O–H groups in total. The van der Waals surface area contributed by atoms with Crippen LogP contribution in [0.2, 0.25) is 0 Å². The van der Waals surface area contributed by atoms with Gasteiger partial charge in [0.1, 0.15) is 12.0 Å². The van der Waals surface area contributed by atoms with E-state index in [-0.39, 0.29) is 5.41 Å². The third kappa shape index (κ3) is 3.69. The maximum atomic E-state index is 4.96. The van der Waals surface area contributed by atoms with Crippen molar-refractivity contribution in [2.24, 2.45) is 11.3 Å². The molecule has 0 unspecified atom stereocenters. The summed E-state index contributed by atoms with van der Waals surface area (Å²) in [6.07, 6.45) is 7.35. The molecule has 0 aliphatic rings. The van der Waals surface area contributed by atoms with Crippen molar-refractivity contribution in [3.05, 3.63) is 48.0 Å². The van der Waals surface area contributed by atoms with E-state index in [1.807, 2.05) is 12.4 Å². The zero-order valence-electron chi connectivity index (χ0n) is 16.7. The number of aromatic amines is 1. The molecule has 0 aliphatic carbocycles. The van der Waals surface area contributed by atoms with Crippen molar-refractivity contribution in [3.8, 4) is 22.0 Å². The van der Waals surface area contributed by atoms with E-state index < -0.39 is 0 Å². The third-order valence-corrected chi connectivity index (χ3v) is 6.21. The number of hydrogen-bond acceptors (Lipinski definition) is 5. The minimum Gasteiger partial charge on any atom is -0.345 e. The van der Waals surface area contributed by atoms with Crippen molar-refractivity contribution in [1.29, 1.82) is 0 Å². The Morgan fingerprint density at radius 1 is 1.21 bits per heavy atom. The Morgan fingerprint density at radius 3 is 2.79 bits per heavy atom. The van der Waals surface area contributed by atoms with Gasteiger partial charge < -0.3 is 4.98 Å². The van der Waals surface area contributed by atoms with Crippen LogP contribution in [0.4, 0.5) is 0 Å². The number of nitrogens with one attached hydrogen (secondary N) is 1. The van der Waals surface area contributed by atoms with E-state index in [1.54, 1.807) is 17.7 Å². The second-order valence-electron chi connectivity index (χ2n) is 8.21. The first-order valence-corrected chi connectivity index (χ1v) is 10.5. The maximum absolute atomic E-state index is 4.96. The van der Waals surface area contributed by atoms with E-state index in [0.29, 0.717) is 5.92 Å². The van der Waals surface area contributed by atoms with Crippen LogP contribution < -0.4 is 0 Å². The normalized spacial score (nSPS) is 13.1. The minimum absolute atomic E-state index is 0.234. The molecule has 4 heterocycles. The summed E-state index contributed by atoms with van der Waals surface area (Å²) < 4.78 is 0. The lowest BCUT2D eigenvalue weighted by atomic mass is 9.76. The van der Waals surface area contributed by atoms with Gasteiger partial charge in [-0.2, -0.15) is 0 Å². The van der Waals surface area contributed by atoms with E-state index >= 15 is 0 Å². The first-order valence-electron chi connectivity index (χ1n) is 9.65. The van der Waals surface area contributed by atoms with Crippen LogP contribution in [0.25, 0.3) is 33.0 Å². The van der Waals surface area contributed by atoms with E-state index in [4.69, 9.17) is 9.97 Å². The summed E-state index contributed by atoms with van der Waals surface area (Å²) in [6.45, 7) is 9.18. The molecule has 1 atom stereocenters. The quantitative estimate of drug-likeness (QED) is 0.470. The molecule has 5 nitrogen and oxygen atoms in total. The molecule has 0 saturated heterocycles. The molecule has 4 rings (SSSR count). The summed E-state index contributed by atoms with van der Waals surface area (Å²) in [5.41, 5.74) is 4.04. The van der Waals surface area contributed by atoms with E-state index in [9.17, 15) is 0 Å². The van der Waals surface area contributed by atoms with Crippen molar-refractivity contribution in [2.45, 2.75) is 40.5 Å². The second-order valence-corrected chi connectivity index (χ2v) is 9.16. The van der Waals surface area contributed by atoms with Gasteiger partial charge in [-0.05, 0) is 35.3 Å². The molecular weight excluding hydrogens is 366 g/mol. The first kappa shape index (κ1) is 18.7. The predicted octanol–water partition coefficient (Wildman–Crippen LogP) is 5.76. The highest BCUT2D eigenvalue weighted by Crippen LogP contribution is 2.34. The summed E-state index contributed by atoms with van der Waals surface area (Å²) in [7, 11) is 0. The fraction of sp³-hybridized carbons (Fsp3) is 0.364. The molecule has 0 bridgehead atoms. The van der Waals surface area contributed by atoms with Crippen LogP contribution >= 0.6 is 11.3 Å². The lowest BCUT2D eigenvalue weighted by molar-refractivity contribution is 0.230. The Kier molecular flexibility index (Phi) is 4.98. The largest absolute Gasteiger partial charge is 0.345 e. The molecule has 0 spiro atoms. The Morgan fingerprint density at radius 2 is 2.07 bits per heavy atom. The Bertz CT molecular complexity index is 1080. The average molecular weight is 392 g/mol. The van der Waals surface area contributed by atoms with Crippen molar-refractivity contribution >= 4 is 22.4 Å². The van der Waals surface area contributed by atoms with Crippen molar-refractivity contribution in [3.63, 3.8) is 0 Å². The molecule has 4 aromatic rings. The number of nitrogens with zero attached hydrogens (tertiary/aromatic N) is 4. The third-order valence-electron chi connectivity index (χ3n) is 5.32. The lowest BCUT2D eigenvalue weighted by Gasteiger charge is -2.29. The summed E-state index contributed by atoms with van der Waals surface area (Å²) in [5, 5.41) is 3.03. The van der Waals surface area contributed by atoms with Gasteiger partial charge in [0.2, 0.25) is 0 Å². The topological polar surface area (TPSA) is 67.3 Å². The smallest absolute Gasteiger partial charge is 0.162 e. The average Bonchev–Trinajstić information content (AvgIpc) is 3.34. The van der Waals surface area contributed by atoms with Crippen LogP contribution in [0, 0.1) is 11.3 Å². The van der Waals surface area contributed by atoms with Crippen LogP contribution in [0.5, 0.6) is 0 Å². The van der Waals surface area contributed by atoms with Gasteiger partial charge in [0.25, 0.3) is 0 Å². The van der Waals surface area contributed by atoms with Crippen molar-refractivity contribution in [2.75, 3.05) is 0 Å². The Hall–Kier alpha value is -2.60.